The van der Waals surface area contributed by atoms with Gasteiger partial charge >= 0.3 is 0 Å². The van der Waals surface area contributed by atoms with Crippen LogP contribution >= 0.6 is 23.2 Å². The Labute approximate surface area is 113 Å². The van der Waals surface area contributed by atoms with E-state index in [1.807, 2.05) is 0 Å². The Hall–Kier alpha value is -1.66. The minimum Gasteiger partial charge on any atom is -0.346 e. The van der Waals surface area contributed by atoms with Gasteiger partial charge in [0.25, 0.3) is 5.91 Å². The predicted octanol–water partition coefficient (Wildman–Crippen LogP) is 1.45. The van der Waals surface area contributed by atoms with Crippen LogP contribution in [0.4, 0.5) is 0 Å². The summed E-state index contributed by atoms with van der Waals surface area (Å²) in [7, 11) is 1.80. The van der Waals surface area contributed by atoms with E-state index in [4.69, 9.17) is 23.2 Å². The zero-order chi connectivity index (χ0) is 13.1. The molecule has 0 fully saturated rings. The van der Waals surface area contributed by atoms with Crippen LogP contribution in [0.1, 0.15) is 16.1 Å². The number of rotatable bonds is 3. The zero-order valence-electron chi connectivity index (χ0n) is 9.39. The van der Waals surface area contributed by atoms with Crippen LogP contribution in [-0.2, 0) is 13.6 Å². The molecule has 2 rings (SSSR count). The van der Waals surface area contributed by atoms with Crippen molar-refractivity contribution < 1.29 is 4.79 Å². The first-order chi connectivity index (χ1) is 8.56. The summed E-state index contributed by atoms with van der Waals surface area (Å²) in [5.41, 5.74) is 0.933. The number of hydrogen-bond donors (Lipinski definition) is 1. The van der Waals surface area contributed by atoms with E-state index >= 15 is 0 Å². The van der Waals surface area contributed by atoms with Crippen molar-refractivity contribution in [2.45, 2.75) is 6.54 Å². The Kier molecular flexibility index (Phi) is 3.78. The lowest BCUT2D eigenvalue weighted by Gasteiger charge is -2.04. The first-order valence-electron chi connectivity index (χ1n) is 5.01. The molecule has 94 valence electrons. The molecule has 0 saturated heterocycles. The maximum Gasteiger partial charge on any atom is 0.254 e. The molecule has 0 unspecified atom stereocenters. The zero-order valence-corrected chi connectivity index (χ0v) is 10.9. The first kappa shape index (κ1) is 12.8. The topological polar surface area (TPSA) is 72.7 Å². The number of carbonyl (C=O) groups is 1. The van der Waals surface area contributed by atoms with Crippen molar-refractivity contribution in [3.63, 3.8) is 0 Å². The molecule has 0 aromatic carbocycles. The SMILES string of the molecule is Cn1ccc(CNC(=O)c2cc(Cl)nnc2Cl)n1. The molecule has 0 saturated carbocycles. The fourth-order valence-electron chi connectivity index (χ4n) is 1.34. The highest BCUT2D eigenvalue weighted by Gasteiger charge is 2.13. The number of halogens is 2. The van der Waals surface area contributed by atoms with E-state index in [9.17, 15) is 4.79 Å². The van der Waals surface area contributed by atoms with Gasteiger partial charge in [0.05, 0.1) is 17.8 Å². The second kappa shape index (κ2) is 5.32. The van der Waals surface area contributed by atoms with Crippen LogP contribution in [0.25, 0.3) is 0 Å². The van der Waals surface area contributed by atoms with Gasteiger partial charge in [0.1, 0.15) is 0 Å². The van der Waals surface area contributed by atoms with E-state index in [1.54, 1.807) is 24.0 Å². The number of carbonyl (C=O) groups excluding carboxylic acids is 1. The molecule has 0 aliphatic heterocycles. The second-order valence-electron chi connectivity index (χ2n) is 3.53. The Balaban J connectivity index is 2.05. The average Bonchev–Trinajstić information content (AvgIpc) is 2.75. The summed E-state index contributed by atoms with van der Waals surface area (Å²) in [5, 5.41) is 14.0. The van der Waals surface area contributed by atoms with Crippen molar-refractivity contribution >= 4 is 29.1 Å². The minimum absolute atomic E-state index is 0.0120. The molecular formula is C10H9Cl2N5O. The van der Waals surface area contributed by atoms with Crippen LogP contribution in [0, 0.1) is 0 Å². The van der Waals surface area contributed by atoms with Crippen molar-refractivity contribution in [2.75, 3.05) is 0 Å². The van der Waals surface area contributed by atoms with Crippen LogP contribution in [0.3, 0.4) is 0 Å². The molecule has 0 aliphatic carbocycles. The van der Waals surface area contributed by atoms with Gasteiger partial charge in [0, 0.05) is 13.2 Å². The molecule has 18 heavy (non-hydrogen) atoms. The molecule has 2 heterocycles. The van der Waals surface area contributed by atoms with Crippen molar-refractivity contribution in [1.82, 2.24) is 25.3 Å². The number of aryl methyl sites for hydroxylation is 1. The van der Waals surface area contributed by atoms with Crippen LogP contribution in [-0.4, -0.2) is 25.9 Å². The number of amides is 1. The summed E-state index contributed by atoms with van der Waals surface area (Å²) in [4.78, 5) is 11.8. The minimum atomic E-state index is -0.373. The quantitative estimate of drug-likeness (QED) is 0.926. The van der Waals surface area contributed by atoms with Crippen molar-refractivity contribution in [2.24, 2.45) is 7.05 Å². The summed E-state index contributed by atoms with van der Waals surface area (Å²) in [6, 6.07) is 3.17. The van der Waals surface area contributed by atoms with Gasteiger partial charge < -0.3 is 5.32 Å². The van der Waals surface area contributed by atoms with Crippen LogP contribution in [0.15, 0.2) is 18.3 Å². The number of nitrogens with zero attached hydrogens (tertiary/aromatic N) is 4. The van der Waals surface area contributed by atoms with Gasteiger partial charge in [-0.3, -0.25) is 9.48 Å². The predicted molar refractivity (Wildman–Crippen MR) is 66.4 cm³/mol. The largest absolute Gasteiger partial charge is 0.346 e. The normalized spacial score (nSPS) is 10.4. The summed E-state index contributed by atoms with van der Waals surface area (Å²) in [5.74, 6) is -0.373. The third kappa shape index (κ3) is 2.96. The molecule has 2 aromatic rings. The third-order valence-electron chi connectivity index (χ3n) is 2.16. The maximum atomic E-state index is 11.8. The highest BCUT2D eigenvalue weighted by molar-refractivity contribution is 6.34. The molecule has 0 atom stereocenters. The van der Waals surface area contributed by atoms with E-state index in [1.165, 1.54) is 6.07 Å². The summed E-state index contributed by atoms with van der Waals surface area (Å²) in [6.45, 7) is 0.302. The lowest BCUT2D eigenvalue weighted by atomic mass is 10.3. The van der Waals surface area contributed by atoms with Gasteiger partial charge in [-0.15, -0.1) is 10.2 Å². The van der Waals surface area contributed by atoms with Gasteiger partial charge in [-0.1, -0.05) is 23.2 Å². The molecule has 0 spiro atoms. The number of aromatic nitrogens is 4. The smallest absolute Gasteiger partial charge is 0.254 e. The molecular weight excluding hydrogens is 277 g/mol. The van der Waals surface area contributed by atoms with Crippen molar-refractivity contribution in [3.8, 4) is 0 Å². The Bertz CT molecular complexity index is 583. The van der Waals surface area contributed by atoms with E-state index in [0.717, 1.165) is 5.69 Å². The summed E-state index contributed by atoms with van der Waals surface area (Å²) >= 11 is 11.4. The molecule has 6 nitrogen and oxygen atoms in total. The van der Waals surface area contributed by atoms with Crippen molar-refractivity contribution in [1.29, 1.82) is 0 Å². The fourth-order valence-corrected chi connectivity index (χ4v) is 1.66. The fraction of sp³-hybridized carbons (Fsp3) is 0.200. The number of hydrogen-bond acceptors (Lipinski definition) is 4. The highest BCUT2D eigenvalue weighted by atomic mass is 35.5. The van der Waals surface area contributed by atoms with Gasteiger partial charge in [0.15, 0.2) is 10.3 Å². The van der Waals surface area contributed by atoms with Crippen LogP contribution in [0.2, 0.25) is 10.3 Å². The van der Waals surface area contributed by atoms with E-state index in [2.05, 4.69) is 20.6 Å². The second-order valence-corrected chi connectivity index (χ2v) is 4.28. The number of nitrogens with one attached hydrogen (secondary N) is 1. The molecule has 0 aliphatic rings. The van der Waals surface area contributed by atoms with E-state index in [0.29, 0.717) is 6.54 Å². The molecule has 0 bridgehead atoms. The van der Waals surface area contributed by atoms with Gasteiger partial charge in [-0.25, -0.2) is 0 Å². The molecule has 0 radical (unpaired) electrons. The van der Waals surface area contributed by atoms with E-state index < -0.39 is 0 Å². The maximum absolute atomic E-state index is 11.8. The standard InChI is InChI=1S/C10H9Cl2N5O/c1-17-3-2-6(16-17)5-13-10(18)7-4-8(11)14-15-9(7)12/h2-4H,5H2,1H3,(H,13,18). The van der Waals surface area contributed by atoms with Gasteiger partial charge in [-0.05, 0) is 12.1 Å². The lowest BCUT2D eigenvalue weighted by Crippen LogP contribution is -2.23. The molecule has 8 heteroatoms. The Morgan fingerprint density at radius 1 is 1.44 bits per heavy atom. The molecule has 2 aromatic heterocycles. The monoisotopic (exact) mass is 285 g/mol. The molecule has 1 amide bonds. The highest BCUT2D eigenvalue weighted by Crippen LogP contribution is 2.15. The Morgan fingerprint density at radius 3 is 2.89 bits per heavy atom. The average molecular weight is 286 g/mol. The Morgan fingerprint density at radius 2 is 2.22 bits per heavy atom. The molecule has 1 N–H and O–H groups in total. The van der Waals surface area contributed by atoms with Gasteiger partial charge in [-0.2, -0.15) is 5.10 Å². The third-order valence-corrected chi connectivity index (χ3v) is 2.63. The van der Waals surface area contributed by atoms with E-state index in [-0.39, 0.29) is 21.8 Å². The van der Waals surface area contributed by atoms with Crippen LogP contribution in [0.5, 0.6) is 0 Å². The van der Waals surface area contributed by atoms with Crippen molar-refractivity contribution in [3.05, 3.63) is 39.9 Å². The van der Waals surface area contributed by atoms with Gasteiger partial charge in [0.2, 0.25) is 0 Å². The first-order valence-corrected chi connectivity index (χ1v) is 5.77. The summed E-state index contributed by atoms with van der Waals surface area (Å²) < 4.78 is 1.65. The lowest BCUT2D eigenvalue weighted by molar-refractivity contribution is 0.0950. The summed E-state index contributed by atoms with van der Waals surface area (Å²) in [6.07, 6.45) is 1.79. The van der Waals surface area contributed by atoms with Crippen LogP contribution < -0.4 is 5.32 Å².